The molecule has 1 aromatic heterocycles. The zero-order valence-corrected chi connectivity index (χ0v) is 17.1. The predicted molar refractivity (Wildman–Crippen MR) is 108 cm³/mol. The quantitative estimate of drug-likeness (QED) is 0.663. The molecule has 2 fully saturated rings. The number of carbonyl (C=O) groups excluding carboxylic acids is 1. The largest absolute Gasteiger partial charge is 0.364 e. The molecule has 0 aliphatic carbocycles. The molecule has 3 heterocycles. The molecule has 1 amide bonds. The minimum Gasteiger partial charge on any atom is -0.364 e. The second-order valence-corrected chi connectivity index (χ2v) is 7.75. The number of aromatic amines is 1. The van der Waals surface area contributed by atoms with Gasteiger partial charge in [0.15, 0.2) is 17.5 Å². The number of piperidine rings is 1. The Labute approximate surface area is 170 Å². The van der Waals surface area contributed by atoms with Crippen LogP contribution in [0, 0.1) is 5.41 Å². The highest BCUT2D eigenvalue weighted by atomic mass is 16.7. The summed E-state index contributed by atoms with van der Waals surface area (Å²) in [7, 11) is 0. The molecular formula is C22H30N2O5. The van der Waals surface area contributed by atoms with Gasteiger partial charge in [-0.05, 0) is 38.3 Å². The van der Waals surface area contributed by atoms with Gasteiger partial charge in [-0.25, -0.2) is 0 Å². The summed E-state index contributed by atoms with van der Waals surface area (Å²) in [6.07, 6.45) is 2.65. The van der Waals surface area contributed by atoms with Gasteiger partial charge in [0.1, 0.15) is 0 Å². The molecule has 2 aromatic rings. The van der Waals surface area contributed by atoms with E-state index in [9.17, 15) is 9.90 Å². The third-order valence-electron chi connectivity index (χ3n) is 6.29. The van der Waals surface area contributed by atoms with E-state index in [1.165, 1.54) is 10.9 Å². The average Bonchev–Trinajstić information content (AvgIpc) is 3.29. The minimum atomic E-state index is -1.55. The Kier molecular flexibility index (Phi) is 5.66. The maximum absolute atomic E-state index is 13.7. The third kappa shape index (κ3) is 3.26. The van der Waals surface area contributed by atoms with Crippen molar-refractivity contribution in [1.29, 1.82) is 0 Å². The predicted octanol–water partition coefficient (Wildman–Crippen LogP) is 2.44. The highest BCUT2D eigenvalue weighted by Crippen LogP contribution is 2.52. The summed E-state index contributed by atoms with van der Waals surface area (Å²) in [5, 5.41) is 12.4. The zero-order valence-electron chi connectivity index (χ0n) is 17.1. The zero-order chi connectivity index (χ0) is 20.5. The van der Waals surface area contributed by atoms with E-state index in [0.717, 1.165) is 11.9 Å². The Morgan fingerprint density at radius 1 is 1.24 bits per heavy atom. The number of likely N-dealkylation sites (tertiary alicyclic amines) is 1. The topological polar surface area (TPSA) is 84.0 Å². The van der Waals surface area contributed by atoms with E-state index in [1.54, 1.807) is 0 Å². The summed E-state index contributed by atoms with van der Waals surface area (Å²) in [5.74, 6) is -1.69. The first kappa shape index (κ1) is 20.3. The lowest BCUT2D eigenvalue weighted by molar-refractivity contribution is -0.307. The fourth-order valence-corrected chi connectivity index (χ4v) is 4.79. The molecule has 2 saturated heterocycles. The average molecular weight is 402 g/mol. The van der Waals surface area contributed by atoms with Gasteiger partial charge in [-0.3, -0.25) is 4.79 Å². The summed E-state index contributed by atoms with van der Waals surface area (Å²) in [4.78, 5) is 18.8. The summed E-state index contributed by atoms with van der Waals surface area (Å²) < 4.78 is 17.3. The number of fused-ring (bicyclic) bond motifs is 2. The van der Waals surface area contributed by atoms with Crippen molar-refractivity contribution in [3.8, 4) is 0 Å². The van der Waals surface area contributed by atoms with Crippen molar-refractivity contribution in [2.24, 2.45) is 5.41 Å². The molecule has 0 saturated carbocycles. The lowest BCUT2D eigenvalue weighted by Crippen LogP contribution is -2.67. The number of carbonyl (C=O) groups is 1. The van der Waals surface area contributed by atoms with Crippen LogP contribution < -0.4 is 0 Å². The van der Waals surface area contributed by atoms with E-state index < -0.39 is 17.5 Å². The molecule has 29 heavy (non-hydrogen) atoms. The Morgan fingerprint density at radius 3 is 2.76 bits per heavy atom. The molecule has 0 spiro atoms. The maximum atomic E-state index is 13.7. The van der Waals surface area contributed by atoms with Gasteiger partial charge in [0.05, 0.1) is 6.61 Å². The lowest BCUT2D eigenvalue weighted by atomic mass is 9.72. The van der Waals surface area contributed by atoms with Crippen LogP contribution in [-0.4, -0.2) is 65.9 Å². The van der Waals surface area contributed by atoms with Gasteiger partial charge in [-0.2, -0.15) is 0 Å². The molecule has 0 radical (unpaired) electrons. The van der Waals surface area contributed by atoms with Crippen molar-refractivity contribution in [2.45, 2.75) is 45.2 Å². The van der Waals surface area contributed by atoms with E-state index in [4.69, 9.17) is 14.2 Å². The Balaban J connectivity index is 1.57. The standard InChI is InChI=1S/C22H30N2O5/c1-3-27-20(28-4-2)21-11-14-29-22(21,26)10-13-24(19(21)25)12-9-16-15-23-18-8-6-5-7-17(16)18/h5-8,15,20,23,26H,3-4,9-14H2,1-2H3. The normalized spacial score (nSPS) is 27.2. The summed E-state index contributed by atoms with van der Waals surface area (Å²) in [5.41, 5.74) is 1.05. The SMILES string of the molecule is CCOC(OCC)C12CCOC1(O)CCN(CCc1c[nH]c3ccccc13)C2=O. The molecule has 2 aliphatic rings. The van der Waals surface area contributed by atoms with Crippen LogP contribution in [-0.2, 0) is 25.4 Å². The summed E-state index contributed by atoms with van der Waals surface area (Å²) >= 11 is 0. The van der Waals surface area contributed by atoms with Gasteiger partial charge in [0.25, 0.3) is 0 Å². The van der Waals surface area contributed by atoms with Crippen LogP contribution in [0.2, 0.25) is 0 Å². The van der Waals surface area contributed by atoms with Gasteiger partial charge >= 0.3 is 0 Å². The molecule has 2 unspecified atom stereocenters. The fourth-order valence-electron chi connectivity index (χ4n) is 4.79. The Bertz CT molecular complexity index is 862. The van der Waals surface area contributed by atoms with Gasteiger partial charge < -0.3 is 29.2 Å². The summed E-state index contributed by atoms with van der Waals surface area (Å²) in [6.45, 7) is 5.85. The number of nitrogens with one attached hydrogen (secondary N) is 1. The number of hydrogen-bond donors (Lipinski definition) is 2. The number of ether oxygens (including phenoxy) is 3. The van der Waals surface area contributed by atoms with Crippen LogP contribution in [0.25, 0.3) is 10.9 Å². The number of amides is 1. The van der Waals surface area contributed by atoms with Crippen LogP contribution in [0.3, 0.4) is 0 Å². The number of aromatic nitrogens is 1. The van der Waals surface area contributed by atoms with Crippen molar-refractivity contribution < 1.29 is 24.1 Å². The van der Waals surface area contributed by atoms with Crippen LogP contribution in [0.4, 0.5) is 0 Å². The fraction of sp³-hybridized carbons (Fsp3) is 0.591. The first-order chi connectivity index (χ1) is 14.1. The Morgan fingerprint density at radius 2 is 2.00 bits per heavy atom. The van der Waals surface area contributed by atoms with Gasteiger partial charge in [0, 0.05) is 49.8 Å². The van der Waals surface area contributed by atoms with Gasteiger partial charge in [-0.1, -0.05) is 18.2 Å². The van der Waals surface area contributed by atoms with E-state index in [1.807, 2.05) is 43.1 Å². The van der Waals surface area contributed by atoms with Crippen LogP contribution in [0.1, 0.15) is 32.3 Å². The number of hydrogen-bond acceptors (Lipinski definition) is 5. The van der Waals surface area contributed by atoms with Crippen molar-refractivity contribution >= 4 is 16.8 Å². The van der Waals surface area contributed by atoms with E-state index in [0.29, 0.717) is 45.8 Å². The number of benzene rings is 1. The molecule has 0 bridgehead atoms. The number of nitrogens with zero attached hydrogens (tertiary/aromatic N) is 1. The molecule has 7 heteroatoms. The van der Waals surface area contributed by atoms with Gasteiger partial charge in [0.2, 0.25) is 5.91 Å². The van der Waals surface area contributed by atoms with E-state index in [2.05, 4.69) is 11.1 Å². The molecule has 158 valence electrons. The number of para-hydroxylation sites is 1. The first-order valence-electron chi connectivity index (χ1n) is 10.5. The molecule has 1 aromatic carbocycles. The molecule has 4 rings (SSSR count). The molecule has 2 N–H and O–H groups in total. The second kappa shape index (κ2) is 8.07. The molecule has 2 atom stereocenters. The van der Waals surface area contributed by atoms with Crippen LogP contribution in [0.5, 0.6) is 0 Å². The highest BCUT2D eigenvalue weighted by Gasteiger charge is 2.68. The van der Waals surface area contributed by atoms with Crippen molar-refractivity contribution in [1.82, 2.24) is 9.88 Å². The minimum absolute atomic E-state index is 0.143. The smallest absolute Gasteiger partial charge is 0.239 e. The van der Waals surface area contributed by atoms with Crippen molar-refractivity contribution in [2.75, 3.05) is 32.9 Å². The van der Waals surface area contributed by atoms with Gasteiger partial charge in [-0.15, -0.1) is 0 Å². The third-order valence-corrected chi connectivity index (χ3v) is 6.29. The first-order valence-corrected chi connectivity index (χ1v) is 10.5. The molecular weight excluding hydrogens is 372 g/mol. The maximum Gasteiger partial charge on any atom is 0.239 e. The van der Waals surface area contributed by atoms with Crippen molar-refractivity contribution in [3.63, 3.8) is 0 Å². The van der Waals surface area contributed by atoms with Crippen LogP contribution in [0.15, 0.2) is 30.5 Å². The number of H-pyrrole nitrogens is 1. The Hall–Kier alpha value is -1.93. The number of rotatable bonds is 8. The van der Waals surface area contributed by atoms with Crippen LogP contribution >= 0.6 is 0 Å². The van der Waals surface area contributed by atoms with E-state index >= 15 is 0 Å². The van der Waals surface area contributed by atoms with Crippen molar-refractivity contribution in [3.05, 3.63) is 36.0 Å². The molecule has 7 nitrogen and oxygen atoms in total. The summed E-state index contributed by atoms with van der Waals surface area (Å²) in [6, 6.07) is 8.16. The second-order valence-electron chi connectivity index (χ2n) is 7.75. The number of aliphatic hydroxyl groups is 1. The molecule has 2 aliphatic heterocycles. The van der Waals surface area contributed by atoms with E-state index in [-0.39, 0.29) is 5.91 Å². The highest BCUT2D eigenvalue weighted by molar-refractivity contribution is 5.86. The lowest BCUT2D eigenvalue weighted by Gasteiger charge is -2.49. The monoisotopic (exact) mass is 402 g/mol.